The molecule has 0 spiro atoms. The lowest BCUT2D eigenvalue weighted by atomic mass is 10.0. The standard InChI is InChI=1S/C13H17ClO3/c1-3-4-11(15)12(16)8-9-7-10(14)5-6-13(9)17-2/h5-7,11,15H,3-4,8H2,1-2H3. The molecule has 1 rings (SSSR count). The molecule has 1 unspecified atom stereocenters. The third-order valence-electron chi connectivity index (χ3n) is 2.54. The highest BCUT2D eigenvalue weighted by molar-refractivity contribution is 6.30. The molecule has 1 atom stereocenters. The van der Waals surface area contributed by atoms with E-state index in [0.717, 1.165) is 6.42 Å². The number of hydrogen-bond donors (Lipinski definition) is 1. The Hall–Kier alpha value is -1.06. The van der Waals surface area contributed by atoms with E-state index in [1.807, 2.05) is 6.92 Å². The Morgan fingerprint density at radius 1 is 1.53 bits per heavy atom. The Morgan fingerprint density at radius 3 is 2.82 bits per heavy atom. The van der Waals surface area contributed by atoms with Crippen LogP contribution < -0.4 is 4.74 Å². The van der Waals surface area contributed by atoms with Crippen molar-refractivity contribution in [3.8, 4) is 5.75 Å². The molecule has 1 aromatic carbocycles. The number of benzene rings is 1. The number of aliphatic hydroxyl groups excluding tert-OH is 1. The fourth-order valence-corrected chi connectivity index (χ4v) is 1.82. The minimum Gasteiger partial charge on any atom is -0.496 e. The van der Waals surface area contributed by atoms with Gasteiger partial charge in [0.25, 0.3) is 0 Å². The fourth-order valence-electron chi connectivity index (χ4n) is 1.63. The number of Topliss-reactive ketones (excluding diaryl/α,β-unsaturated/α-hetero) is 1. The van der Waals surface area contributed by atoms with Crippen molar-refractivity contribution >= 4 is 17.4 Å². The molecule has 0 saturated carbocycles. The summed E-state index contributed by atoms with van der Waals surface area (Å²) in [6, 6.07) is 5.12. The molecule has 0 amide bonds. The van der Waals surface area contributed by atoms with Crippen LogP contribution in [0.3, 0.4) is 0 Å². The number of carbonyl (C=O) groups is 1. The summed E-state index contributed by atoms with van der Waals surface area (Å²) in [6.07, 6.45) is 0.510. The third kappa shape index (κ3) is 4.02. The lowest BCUT2D eigenvalue weighted by molar-refractivity contribution is -0.126. The predicted octanol–water partition coefficient (Wildman–Crippen LogP) is 2.62. The van der Waals surface area contributed by atoms with Gasteiger partial charge in [-0.25, -0.2) is 0 Å². The summed E-state index contributed by atoms with van der Waals surface area (Å²) >= 11 is 5.87. The average molecular weight is 257 g/mol. The van der Waals surface area contributed by atoms with Crippen LogP contribution in [0.2, 0.25) is 5.02 Å². The second-order valence-corrected chi connectivity index (χ2v) is 4.34. The lowest BCUT2D eigenvalue weighted by Crippen LogP contribution is -2.22. The van der Waals surface area contributed by atoms with Gasteiger partial charge in [0.1, 0.15) is 11.9 Å². The molecule has 17 heavy (non-hydrogen) atoms. The molecule has 0 aliphatic rings. The Labute approximate surface area is 106 Å². The van der Waals surface area contributed by atoms with E-state index in [1.165, 1.54) is 0 Å². The Bertz CT molecular complexity index is 390. The molecule has 3 nitrogen and oxygen atoms in total. The molecule has 0 saturated heterocycles. The molecule has 0 radical (unpaired) electrons. The van der Waals surface area contributed by atoms with Gasteiger partial charge in [0, 0.05) is 17.0 Å². The van der Waals surface area contributed by atoms with Crippen LogP contribution in [-0.4, -0.2) is 24.1 Å². The first-order valence-corrected chi connectivity index (χ1v) is 5.99. The molecule has 94 valence electrons. The van der Waals surface area contributed by atoms with Crippen LogP contribution in [-0.2, 0) is 11.2 Å². The summed E-state index contributed by atoms with van der Waals surface area (Å²) in [5.74, 6) is 0.416. The fraction of sp³-hybridized carbons (Fsp3) is 0.462. The zero-order chi connectivity index (χ0) is 12.8. The van der Waals surface area contributed by atoms with Crippen molar-refractivity contribution in [1.82, 2.24) is 0 Å². The van der Waals surface area contributed by atoms with Crippen molar-refractivity contribution < 1.29 is 14.6 Å². The van der Waals surface area contributed by atoms with Gasteiger partial charge >= 0.3 is 0 Å². The molecule has 0 heterocycles. The first-order valence-electron chi connectivity index (χ1n) is 5.61. The van der Waals surface area contributed by atoms with Gasteiger partial charge in [0.2, 0.25) is 0 Å². The van der Waals surface area contributed by atoms with Crippen LogP contribution in [0.5, 0.6) is 5.75 Å². The van der Waals surface area contributed by atoms with Gasteiger partial charge in [0.15, 0.2) is 5.78 Å². The van der Waals surface area contributed by atoms with E-state index in [-0.39, 0.29) is 12.2 Å². The normalized spacial score (nSPS) is 12.2. The first-order chi connectivity index (χ1) is 8.08. The highest BCUT2D eigenvalue weighted by Crippen LogP contribution is 2.23. The van der Waals surface area contributed by atoms with Gasteiger partial charge in [0.05, 0.1) is 7.11 Å². The summed E-state index contributed by atoms with van der Waals surface area (Å²) < 4.78 is 5.15. The van der Waals surface area contributed by atoms with Crippen molar-refractivity contribution in [2.45, 2.75) is 32.3 Å². The second-order valence-electron chi connectivity index (χ2n) is 3.90. The van der Waals surface area contributed by atoms with Crippen LogP contribution >= 0.6 is 11.6 Å². The van der Waals surface area contributed by atoms with Gasteiger partial charge in [-0.05, 0) is 24.6 Å². The minimum atomic E-state index is -0.899. The molecule has 4 heteroatoms. The van der Waals surface area contributed by atoms with E-state index in [4.69, 9.17) is 16.3 Å². The number of ether oxygens (including phenoxy) is 1. The van der Waals surface area contributed by atoms with E-state index >= 15 is 0 Å². The van der Waals surface area contributed by atoms with Crippen molar-refractivity contribution in [2.24, 2.45) is 0 Å². The van der Waals surface area contributed by atoms with Gasteiger partial charge in [-0.3, -0.25) is 4.79 Å². The monoisotopic (exact) mass is 256 g/mol. The molecule has 0 aliphatic carbocycles. The van der Waals surface area contributed by atoms with E-state index in [2.05, 4.69) is 0 Å². The summed E-state index contributed by atoms with van der Waals surface area (Å²) in [5, 5.41) is 10.1. The zero-order valence-electron chi connectivity index (χ0n) is 10.1. The maximum atomic E-state index is 11.7. The SMILES string of the molecule is CCCC(O)C(=O)Cc1cc(Cl)ccc1OC. The van der Waals surface area contributed by atoms with Gasteiger partial charge < -0.3 is 9.84 Å². The topological polar surface area (TPSA) is 46.5 Å². The highest BCUT2D eigenvalue weighted by Gasteiger charge is 2.16. The van der Waals surface area contributed by atoms with E-state index in [9.17, 15) is 9.90 Å². The molecule has 0 aromatic heterocycles. The van der Waals surface area contributed by atoms with Crippen LogP contribution in [0.25, 0.3) is 0 Å². The number of carbonyl (C=O) groups excluding carboxylic acids is 1. The lowest BCUT2D eigenvalue weighted by Gasteiger charge is -2.11. The summed E-state index contributed by atoms with van der Waals surface area (Å²) in [6.45, 7) is 1.93. The number of aliphatic hydroxyl groups is 1. The molecule has 0 bridgehead atoms. The number of methoxy groups -OCH3 is 1. The molecular weight excluding hydrogens is 240 g/mol. The smallest absolute Gasteiger partial charge is 0.165 e. The number of halogens is 1. The van der Waals surface area contributed by atoms with Crippen molar-refractivity contribution in [3.63, 3.8) is 0 Å². The third-order valence-corrected chi connectivity index (χ3v) is 2.78. The van der Waals surface area contributed by atoms with Crippen molar-refractivity contribution in [3.05, 3.63) is 28.8 Å². The maximum absolute atomic E-state index is 11.7. The van der Waals surface area contributed by atoms with Crippen LogP contribution in [0.1, 0.15) is 25.3 Å². The van der Waals surface area contributed by atoms with Crippen molar-refractivity contribution in [1.29, 1.82) is 0 Å². The van der Waals surface area contributed by atoms with Gasteiger partial charge in [-0.1, -0.05) is 24.9 Å². The summed E-state index contributed by atoms with van der Waals surface area (Å²) in [4.78, 5) is 11.7. The van der Waals surface area contributed by atoms with Gasteiger partial charge in [-0.2, -0.15) is 0 Å². The minimum absolute atomic E-state index is 0.144. The molecule has 0 aliphatic heterocycles. The largest absolute Gasteiger partial charge is 0.496 e. The number of ketones is 1. The van der Waals surface area contributed by atoms with Crippen LogP contribution in [0.15, 0.2) is 18.2 Å². The Kier molecular flexibility index (Phi) is 5.45. The molecular formula is C13H17ClO3. The number of hydrogen-bond acceptors (Lipinski definition) is 3. The second kappa shape index (κ2) is 6.62. The number of rotatable bonds is 6. The Balaban J connectivity index is 2.79. The summed E-state index contributed by atoms with van der Waals surface area (Å²) in [5.41, 5.74) is 0.708. The molecule has 1 aromatic rings. The van der Waals surface area contributed by atoms with E-state index in [1.54, 1.807) is 25.3 Å². The predicted molar refractivity (Wildman–Crippen MR) is 67.6 cm³/mol. The first kappa shape index (κ1) is 14.0. The van der Waals surface area contributed by atoms with E-state index in [0.29, 0.717) is 22.8 Å². The zero-order valence-corrected chi connectivity index (χ0v) is 10.8. The maximum Gasteiger partial charge on any atom is 0.165 e. The highest BCUT2D eigenvalue weighted by atomic mass is 35.5. The van der Waals surface area contributed by atoms with Crippen LogP contribution in [0.4, 0.5) is 0 Å². The summed E-state index contributed by atoms with van der Waals surface area (Å²) in [7, 11) is 1.54. The molecule has 1 N–H and O–H groups in total. The Morgan fingerprint density at radius 2 is 2.24 bits per heavy atom. The van der Waals surface area contributed by atoms with Crippen molar-refractivity contribution in [2.75, 3.05) is 7.11 Å². The van der Waals surface area contributed by atoms with Crippen LogP contribution in [0, 0.1) is 0 Å². The average Bonchev–Trinajstić information content (AvgIpc) is 2.29. The molecule has 0 fully saturated rings. The van der Waals surface area contributed by atoms with Gasteiger partial charge in [-0.15, -0.1) is 0 Å². The quantitative estimate of drug-likeness (QED) is 0.851. The van der Waals surface area contributed by atoms with E-state index < -0.39 is 6.10 Å².